The Morgan fingerprint density at radius 2 is 1.57 bits per heavy atom. The van der Waals surface area contributed by atoms with Crippen molar-refractivity contribution in [1.82, 2.24) is 9.62 Å². The van der Waals surface area contributed by atoms with Crippen molar-refractivity contribution >= 4 is 22.0 Å². The molecule has 30 heavy (non-hydrogen) atoms. The highest BCUT2D eigenvalue weighted by atomic mass is 32.2. The molecule has 0 aliphatic rings. The fourth-order valence-corrected chi connectivity index (χ4v) is 3.27. The maximum absolute atomic E-state index is 12.6. The molecule has 3 rings (SSSR count). The molecule has 0 aliphatic heterocycles. The van der Waals surface area contributed by atoms with E-state index in [1.807, 2.05) is 60.7 Å². The third-order valence-electron chi connectivity index (χ3n) is 4.58. The predicted octanol–water partition coefficient (Wildman–Crippen LogP) is 3.59. The largest absolute Gasteiger partial charge is 0.460 e. The van der Waals surface area contributed by atoms with Crippen LogP contribution in [0.1, 0.15) is 28.7 Å². The molecule has 0 unspecified atom stereocenters. The molecule has 0 saturated carbocycles. The summed E-state index contributed by atoms with van der Waals surface area (Å²) >= 11 is 0. The lowest BCUT2D eigenvalue weighted by Gasteiger charge is -2.19. The molecule has 3 aromatic rings. The minimum atomic E-state index is -3.29. The van der Waals surface area contributed by atoms with Crippen LogP contribution in [0.3, 0.4) is 0 Å². The maximum atomic E-state index is 12.6. The minimum Gasteiger partial charge on any atom is -0.460 e. The van der Waals surface area contributed by atoms with Crippen molar-refractivity contribution in [3.05, 3.63) is 102 Å². The van der Waals surface area contributed by atoms with Crippen LogP contribution < -0.4 is 5.32 Å². The normalized spacial score (nSPS) is 12.0. The van der Waals surface area contributed by atoms with Crippen molar-refractivity contribution in [3.63, 3.8) is 0 Å². The first kappa shape index (κ1) is 21.5. The molecule has 1 amide bonds. The van der Waals surface area contributed by atoms with Crippen LogP contribution in [0.4, 0.5) is 0 Å². The van der Waals surface area contributed by atoms with Gasteiger partial charge in [0.15, 0.2) is 0 Å². The standard InChI is InChI=1S/C23H24N2O4S/c1-25(30(2,27)28)17-21-14-13-20(29-21)15-16-22(26)24-23(18-9-5-3-6-10-18)19-11-7-4-8-12-19/h3-16,23H,17H2,1-2H3,(H,24,26)/b16-15+. The quantitative estimate of drug-likeness (QED) is 0.561. The van der Waals surface area contributed by atoms with E-state index in [1.54, 1.807) is 18.2 Å². The van der Waals surface area contributed by atoms with E-state index in [2.05, 4.69) is 5.32 Å². The van der Waals surface area contributed by atoms with Gasteiger partial charge >= 0.3 is 0 Å². The molecule has 1 heterocycles. The highest BCUT2D eigenvalue weighted by Gasteiger charge is 2.16. The van der Waals surface area contributed by atoms with Gasteiger partial charge in [-0.1, -0.05) is 60.7 Å². The third-order valence-corrected chi connectivity index (χ3v) is 5.84. The lowest BCUT2D eigenvalue weighted by Crippen LogP contribution is -2.27. The number of hydrogen-bond donors (Lipinski definition) is 1. The summed E-state index contributed by atoms with van der Waals surface area (Å²) in [4.78, 5) is 12.6. The van der Waals surface area contributed by atoms with Crippen LogP contribution in [0.15, 0.2) is 83.3 Å². The molecule has 1 aromatic heterocycles. The predicted molar refractivity (Wildman–Crippen MR) is 117 cm³/mol. The molecule has 156 valence electrons. The van der Waals surface area contributed by atoms with Gasteiger partial charge < -0.3 is 9.73 Å². The lowest BCUT2D eigenvalue weighted by atomic mass is 9.99. The molecule has 0 saturated heterocycles. The van der Waals surface area contributed by atoms with Crippen molar-refractivity contribution < 1.29 is 17.6 Å². The SMILES string of the molecule is CN(Cc1ccc(/C=C/C(=O)NC(c2ccccc2)c2ccccc2)o1)S(C)(=O)=O. The lowest BCUT2D eigenvalue weighted by molar-refractivity contribution is -0.116. The van der Waals surface area contributed by atoms with Crippen molar-refractivity contribution in [2.45, 2.75) is 12.6 Å². The Kier molecular flexibility index (Phi) is 6.87. The van der Waals surface area contributed by atoms with E-state index < -0.39 is 10.0 Å². The van der Waals surface area contributed by atoms with Gasteiger partial charge in [0.2, 0.25) is 15.9 Å². The Bertz CT molecular complexity index is 1070. The molecular formula is C23H24N2O4S. The Hall–Kier alpha value is -3.16. The van der Waals surface area contributed by atoms with Gasteiger partial charge in [0.1, 0.15) is 11.5 Å². The van der Waals surface area contributed by atoms with Crippen LogP contribution in [-0.2, 0) is 21.4 Å². The van der Waals surface area contributed by atoms with Gasteiger partial charge in [-0.15, -0.1) is 0 Å². The number of nitrogens with one attached hydrogen (secondary N) is 1. The molecule has 6 nitrogen and oxygen atoms in total. The molecule has 7 heteroatoms. The highest BCUT2D eigenvalue weighted by molar-refractivity contribution is 7.88. The third kappa shape index (κ3) is 5.92. The van der Waals surface area contributed by atoms with E-state index in [-0.39, 0.29) is 18.5 Å². The second-order valence-corrected chi connectivity index (χ2v) is 9.01. The first-order valence-corrected chi connectivity index (χ1v) is 11.3. The summed E-state index contributed by atoms with van der Waals surface area (Å²) in [6, 6.07) is 22.6. The van der Waals surface area contributed by atoms with E-state index in [0.29, 0.717) is 11.5 Å². The van der Waals surface area contributed by atoms with Crippen molar-refractivity contribution in [2.24, 2.45) is 0 Å². The van der Waals surface area contributed by atoms with Gasteiger partial charge in [0, 0.05) is 13.1 Å². The number of rotatable bonds is 8. The monoisotopic (exact) mass is 424 g/mol. The summed E-state index contributed by atoms with van der Waals surface area (Å²) in [5, 5.41) is 3.02. The average Bonchev–Trinajstić information content (AvgIpc) is 3.18. The summed E-state index contributed by atoms with van der Waals surface area (Å²) in [7, 11) is -1.81. The molecule has 0 spiro atoms. The molecule has 0 radical (unpaired) electrons. The topological polar surface area (TPSA) is 79.6 Å². The van der Waals surface area contributed by atoms with Gasteiger partial charge in [-0.3, -0.25) is 4.79 Å². The number of benzene rings is 2. The number of nitrogens with zero attached hydrogens (tertiary/aromatic N) is 1. The summed E-state index contributed by atoms with van der Waals surface area (Å²) in [6.45, 7) is 0.128. The van der Waals surface area contributed by atoms with Crippen LogP contribution >= 0.6 is 0 Å². The first-order chi connectivity index (χ1) is 14.3. The molecule has 0 bridgehead atoms. The summed E-state index contributed by atoms with van der Waals surface area (Å²) in [5.41, 5.74) is 1.96. The summed E-state index contributed by atoms with van der Waals surface area (Å²) < 4.78 is 29.8. The maximum Gasteiger partial charge on any atom is 0.244 e. The molecule has 0 aliphatic carbocycles. The zero-order valence-corrected chi connectivity index (χ0v) is 17.7. The van der Waals surface area contributed by atoms with E-state index in [1.165, 1.54) is 17.4 Å². The highest BCUT2D eigenvalue weighted by Crippen LogP contribution is 2.22. The zero-order valence-electron chi connectivity index (χ0n) is 16.9. The number of amides is 1. The molecular weight excluding hydrogens is 400 g/mol. The molecule has 2 aromatic carbocycles. The zero-order chi connectivity index (χ0) is 21.6. The van der Waals surface area contributed by atoms with Crippen LogP contribution in [0, 0.1) is 0 Å². The Morgan fingerprint density at radius 3 is 2.10 bits per heavy atom. The summed E-state index contributed by atoms with van der Waals surface area (Å²) in [6.07, 6.45) is 4.10. The fourth-order valence-electron chi connectivity index (χ4n) is 2.90. The number of carbonyl (C=O) groups is 1. The Morgan fingerprint density at radius 1 is 1.00 bits per heavy atom. The number of furan rings is 1. The minimum absolute atomic E-state index is 0.128. The second kappa shape index (κ2) is 9.56. The van der Waals surface area contributed by atoms with Gasteiger partial charge in [0.05, 0.1) is 18.8 Å². The van der Waals surface area contributed by atoms with Crippen molar-refractivity contribution in [2.75, 3.05) is 13.3 Å². The van der Waals surface area contributed by atoms with Crippen molar-refractivity contribution in [3.8, 4) is 0 Å². The number of hydrogen-bond acceptors (Lipinski definition) is 4. The van der Waals surface area contributed by atoms with Gasteiger partial charge in [-0.2, -0.15) is 4.31 Å². The smallest absolute Gasteiger partial charge is 0.244 e. The van der Waals surface area contributed by atoms with Gasteiger partial charge in [-0.25, -0.2) is 8.42 Å². The average molecular weight is 425 g/mol. The molecule has 1 N–H and O–H groups in total. The molecule has 0 atom stereocenters. The number of sulfonamides is 1. The second-order valence-electron chi connectivity index (χ2n) is 6.92. The van der Waals surface area contributed by atoms with Crippen LogP contribution in [0.25, 0.3) is 6.08 Å². The van der Waals surface area contributed by atoms with E-state index in [4.69, 9.17) is 4.42 Å². The fraction of sp³-hybridized carbons (Fsp3) is 0.174. The Balaban J connectivity index is 1.70. The summed E-state index contributed by atoms with van der Waals surface area (Å²) in [5.74, 6) is 0.700. The van der Waals surface area contributed by atoms with Crippen LogP contribution in [-0.4, -0.2) is 31.9 Å². The van der Waals surface area contributed by atoms with E-state index >= 15 is 0 Å². The Labute approximate surface area is 176 Å². The van der Waals surface area contributed by atoms with E-state index in [9.17, 15) is 13.2 Å². The van der Waals surface area contributed by atoms with Gasteiger partial charge in [0.25, 0.3) is 0 Å². The van der Waals surface area contributed by atoms with Crippen molar-refractivity contribution in [1.29, 1.82) is 0 Å². The van der Waals surface area contributed by atoms with Crippen LogP contribution in [0.5, 0.6) is 0 Å². The first-order valence-electron chi connectivity index (χ1n) is 9.41. The van der Waals surface area contributed by atoms with Gasteiger partial charge in [-0.05, 0) is 29.3 Å². The number of carbonyl (C=O) groups excluding carboxylic acids is 1. The molecule has 0 fully saturated rings. The van der Waals surface area contributed by atoms with Crippen LogP contribution in [0.2, 0.25) is 0 Å². The van der Waals surface area contributed by atoms with E-state index in [0.717, 1.165) is 17.4 Å².